The van der Waals surface area contributed by atoms with Crippen molar-refractivity contribution in [1.29, 1.82) is 0 Å². The van der Waals surface area contributed by atoms with Gasteiger partial charge in [-0.1, -0.05) is 35.9 Å². The van der Waals surface area contributed by atoms with Crippen LogP contribution in [0, 0.1) is 6.92 Å². The number of carbonyl (C=O) groups is 1. The molecule has 24 heavy (non-hydrogen) atoms. The van der Waals surface area contributed by atoms with E-state index in [4.69, 9.17) is 4.42 Å². The summed E-state index contributed by atoms with van der Waals surface area (Å²) < 4.78 is 5.84. The second-order valence-electron chi connectivity index (χ2n) is 6.04. The number of nitrogens with zero attached hydrogens (tertiary/aromatic N) is 1. The SMILES string of the molecule is Cc1ccc2oc3nc4c(cc3c(=O)c2c1)C(=O)c1ccccc1-4. The molecule has 2 aromatic heterocycles. The van der Waals surface area contributed by atoms with E-state index in [1.165, 1.54) is 0 Å². The smallest absolute Gasteiger partial charge is 0.231 e. The van der Waals surface area contributed by atoms with E-state index in [-0.39, 0.29) is 16.9 Å². The lowest BCUT2D eigenvalue weighted by Crippen LogP contribution is -2.05. The summed E-state index contributed by atoms with van der Waals surface area (Å²) in [7, 11) is 0. The Labute approximate surface area is 136 Å². The summed E-state index contributed by atoms with van der Waals surface area (Å²) in [5.41, 5.74) is 4.03. The lowest BCUT2D eigenvalue weighted by Gasteiger charge is -2.04. The van der Waals surface area contributed by atoms with Crippen LogP contribution in [0.5, 0.6) is 0 Å². The molecule has 4 heteroatoms. The van der Waals surface area contributed by atoms with Gasteiger partial charge in [-0.05, 0) is 25.1 Å². The van der Waals surface area contributed by atoms with E-state index in [2.05, 4.69) is 4.98 Å². The van der Waals surface area contributed by atoms with Gasteiger partial charge in [0.2, 0.25) is 11.1 Å². The molecule has 114 valence electrons. The second kappa shape index (κ2) is 4.38. The number of fused-ring (bicyclic) bond motifs is 5. The van der Waals surface area contributed by atoms with Gasteiger partial charge in [0.05, 0.1) is 16.5 Å². The van der Waals surface area contributed by atoms with Crippen LogP contribution in [0.4, 0.5) is 0 Å². The quantitative estimate of drug-likeness (QED) is 0.407. The molecule has 0 amide bonds. The standard InChI is InChI=1S/C20H11NO3/c1-10-6-7-16-13(8-10)19(23)15-9-14-17(21-20(15)24-16)11-4-2-3-5-12(11)18(14)22/h2-9H,1H3. The number of aromatic nitrogens is 1. The summed E-state index contributed by atoms with van der Waals surface area (Å²) in [6, 6.07) is 14.4. The van der Waals surface area contributed by atoms with E-state index in [0.717, 1.165) is 11.1 Å². The van der Waals surface area contributed by atoms with Crippen LogP contribution in [0.25, 0.3) is 33.3 Å². The summed E-state index contributed by atoms with van der Waals surface area (Å²) in [5.74, 6) is -0.0984. The van der Waals surface area contributed by atoms with Crippen LogP contribution in [0.2, 0.25) is 0 Å². The largest absolute Gasteiger partial charge is 0.437 e. The minimum atomic E-state index is -0.158. The summed E-state index contributed by atoms with van der Waals surface area (Å²) in [4.78, 5) is 29.9. The van der Waals surface area contributed by atoms with Crippen molar-refractivity contribution < 1.29 is 9.21 Å². The Hall–Kier alpha value is -3.27. The first kappa shape index (κ1) is 13.2. The van der Waals surface area contributed by atoms with Gasteiger partial charge in [-0.15, -0.1) is 0 Å². The fraction of sp³-hybridized carbons (Fsp3) is 0.0500. The minimum absolute atomic E-state index is 0.0984. The molecule has 0 fully saturated rings. The van der Waals surface area contributed by atoms with Gasteiger partial charge >= 0.3 is 0 Å². The normalized spacial score (nSPS) is 12.6. The number of pyridine rings is 1. The molecule has 0 bridgehead atoms. The molecule has 0 aliphatic heterocycles. The van der Waals surface area contributed by atoms with Crippen molar-refractivity contribution in [2.75, 3.05) is 0 Å². The maximum atomic E-state index is 12.8. The molecule has 0 saturated heterocycles. The Morgan fingerprint density at radius 3 is 2.50 bits per heavy atom. The molecule has 0 spiro atoms. The molecule has 0 saturated carbocycles. The van der Waals surface area contributed by atoms with Crippen molar-refractivity contribution >= 4 is 27.9 Å². The highest BCUT2D eigenvalue weighted by molar-refractivity contribution is 6.22. The van der Waals surface area contributed by atoms with E-state index in [9.17, 15) is 9.59 Å². The van der Waals surface area contributed by atoms with Gasteiger partial charge in [-0.2, -0.15) is 0 Å². The number of rotatable bonds is 0. The number of hydrogen-bond donors (Lipinski definition) is 0. The van der Waals surface area contributed by atoms with Gasteiger partial charge in [0, 0.05) is 16.7 Å². The molecule has 4 nitrogen and oxygen atoms in total. The van der Waals surface area contributed by atoms with E-state index in [0.29, 0.717) is 33.2 Å². The molecule has 0 N–H and O–H groups in total. The molecule has 5 rings (SSSR count). The van der Waals surface area contributed by atoms with Gasteiger partial charge in [-0.3, -0.25) is 9.59 Å². The maximum Gasteiger partial charge on any atom is 0.231 e. The predicted molar refractivity (Wildman–Crippen MR) is 91.4 cm³/mol. The second-order valence-corrected chi connectivity index (χ2v) is 6.04. The van der Waals surface area contributed by atoms with Crippen LogP contribution in [0.3, 0.4) is 0 Å². The molecule has 0 atom stereocenters. The van der Waals surface area contributed by atoms with Crippen LogP contribution in [-0.4, -0.2) is 10.8 Å². The lowest BCUT2D eigenvalue weighted by molar-refractivity contribution is 0.104. The molecular weight excluding hydrogens is 302 g/mol. The van der Waals surface area contributed by atoms with Gasteiger partial charge in [-0.25, -0.2) is 4.98 Å². The van der Waals surface area contributed by atoms with Crippen molar-refractivity contribution in [3.8, 4) is 11.3 Å². The summed E-state index contributed by atoms with van der Waals surface area (Å²) in [5, 5.41) is 0.847. The van der Waals surface area contributed by atoms with Crippen LogP contribution in [0.15, 0.2) is 57.7 Å². The van der Waals surface area contributed by atoms with Crippen molar-refractivity contribution in [3.05, 3.63) is 75.4 Å². The molecule has 4 aromatic rings. The van der Waals surface area contributed by atoms with E-state index < -0.39 is 0 Å². The van der Waals surface area contributed by atoms with Gasteiger partial charge in [0.25, 0.3) is 0 Å². The zero-order chi connectivity index (χ0) is 16.4. The molecule has 1 aliphatic carbocycles. The first-order valence-electron chi connectivity index (χ1n) is 7.66. The molecular formula is C20H11NO3. The highest BCUT2D eigenvalue weighted by atomic mass is 16.3. The van der Waals surface area contributed by atoms with Gasteiger partial charge in [0.15, 0.2) is 5.78 Å². The number of carbonyl (C=O) groups excluding carboxylic acids is 1. The Bertz CT molecular complexity index is 1250. The van der Waals surface area contributed by atoms with E-state index in [1.54, 1.807) is 24.3 Å². The Morgan fingerprint density at radius 2 is 1.67 bits per heavy atom. The molecule has 0 unspecified atom stereocenters. The summed E-state index contributed by atoms with van der Waals surface area (Å²) >= 11 is 0. The van der Waals surface area contributed by atoms with Gasteiger partial charge < -0.3 is 4.42 Å². The van der Waals surface area contributed by atoms with Crippen LogP contribution in [-0.2, 0) is 0 Å². The van der Waals surface area contributed by atoms with E-state index in [1.807, 2.05) is 31.2 Å². The Morgan fingerprint density at radius 1 is 0.875 bits per heavy atom. The third-order valence-corrected chi connectivity index (χ3v) is 4.49. The summed E-state index contributed by atoms with van der Waals surface area (Å²) in [6.07, 6.45) is 0. The first-order chi connectivity index (χ1) is 11.6. The zero-order valence-electron chi connectivity index (χ0n) is 12.8. The third-order valence-electron chi connectivity index (χ3n) is 4.49. The lowest BCUT2D eigenvalue weighted by atomic mass is 10.1. The number of ketones is 1. The van der Waals surface area contributed by atoms with Crippen LogP contribution in [0.1, 0.15) is 21.5 Å². The topological polar surface area (TPSA) is 60.2 Å². The fourth-order valence-corrected chi connectivity index (χ4v) is 3.31. The van der Waals surface area contributed by atoms with Gasteiger partial charge in [0.1, 0.15) is 5.58 Å². The molecule has 1 aliphatic rings. The van der Waals surface area contributed by atoms with Crippen molar-refractivity contribution in [3.63, 3.8) is 0 Å². The Kier molecular flexibility index (Phi) is 2.41. The van der Waals surface area contributed by atoms with Crippen molar-refractivity contribution in [2.24, 2.45) is 0 Å². The molecule has 0 radical (unpaired) electrons. The molecule has 2 aromatic carbocycles. The zero-order valence-corrected chi connectivity index (χ0v) is 12.8. The summed E-state index contributed by atoms with van der Waals surface area (Å²) in [6.45, 7) is 1.92. The van der Waals surface area contributed by atoms with Crippen molar-refractivity contribution in [2.45, 2.75) is 6.92 Å². The first-order valence-corrected chi connectivity index (χ1v) is 7.66. The number of benzene rings is 2. The maximum absolute atomic E-state index is 12.8. The highest BCUT2D eigenvalue weighted by Gasteiger charge is 2.29. The fourth-order valence-electron chi connectivity index (χ4n) is 3.31. The molecule has 2 heterocycles. The number of hydrogen-bond acceptors (Lipinski definition) is 4. The Balaban J connectivity index is 1.94. The average molecular weight is 313 g/mol. The monoisotopic (exact) mass is 313 g/mol. The average Bonchev–Trinajstić information content (AvgIpc) is 2.87. The predicted octanol–water partition coefficient (Wildman–Crippen LogP) is 3.86. The minimum Gasteiger partial charge on any atom is -0.437 e. The van der Waals surface area contributed by atoms with Crippen molar-refractivity contribution in [1.82, 2.24) is 4.98 Å². The third kappa shape index (κ3) is 1.60. The number of aryl methyl sites for hydroxylation is 1. The van der Waals surface area contributed by atoms with Crippen LogP contribution < -0.4 is 5.43 Å². The highest BCUT2D eigenvalue weighted by Crippen LogP contribution is 2.36. The van der Waals surface area contributed by atoms with Crippen LogP contribution >= 0.6 is 0 Å². The van der Waals surface area contributed by atoms with E-state index >= 15 is 0 Å².